The summed E-state index contributed by atoms with van der Waals surface area (Å²) in [6.45, 7) is 0.379. The molecule has 2 aromatic heterocycles. The standard InChI is InChI=1S/C16H15BrN4O2/c1-19(10-12-6-2-3-7-13(12)17)15(22)11-21-16(23)20-9-5-4-8-14(20)18-21/h2-9H,10-11H2,1H3. The Morgan fingerprint density at radius 1 is 1.22 bits per heavy atom. The van der Waals surface area contributed by atoms with E-state index in [1.54, 1.807) is 36.3 Å². The molecule has 0 saturated heterocycles. The zero-order valence-electron chi connectivity index (χ0n) is 12.5. The Morgan fingerprint density at radius 3 is 2.70 bits per heavy atom. The van der Waals surface area contributed by atoms with Crippen molar-refractivity contribution in [3.05, 3.63) is 69.2 Å². The first-order valence-corrected chi connectivity index (χ1v) is 7.87. The lowest BCUT2D eigenvalue weighted by molar-refractivity contribution is -0.131. The Labute approximate surface area is 141 Å². The van der Waals surface area contributed by atoms with E-state index in [0.29, 0.717) is 12.2 Å². The number of rotatable bonds is 4. The van der Waals surface area contributed by atoms with E-state index in [0.717, 1.165) is 10.0 Å². The number of fused-ring (bicyclic) bond motifs is 1. The van der Waals surface area contributed by atoms with Crippen LogP contribution in [0.4, 0.5) is 0 Å². The molecule has 1 aromatic carbocycles. The molecule has 2 heterocycles. The third-order valence-electron chi connectivity index (χ3n) is 3.56. The van der Waals surface area contributed by atoms with Crippen LogP contribution in [0.2, 0.25) is 0 Å². The molecule has 118 valence electrons. The molecular formula is C16H15BrN4O2. The fourth-order valence-electron chi connectivity index (χ4n) is 2.29. The zero-order valence-corrected chi connectivity index (χ0v) is 14.1. The molecule has 0 aliphatic heterocycles. The molecule has 6 nitrogen and oxygen atoms in total. The Hall–Kier alpha value is -2.41. The quantitative estimate of drug-likeness (QED) is 0.700. The molecule has 0 atom stereocenters. The van der Waals surface area contributed by atoms with E-state index in [1.807, 2.05) is 24.3 Å². The summed E-state index contributed by atoms with van der Waals surface area (Å²) in [7, 11) is 1.71. The van der Waals surface area contributed by atoms with Crippen LogP contribution < -0.4 is 5.69 Å². The van der Waals surface area contributed by atoms with E-state index in [4.69, 9.17) is 0 Å². The number of amides is 1. The minimum atomic E-state index is -0.316. The van der Waals surface area contributed by atoms with Crippen LogP contribution in [0.15, 0.2) is 57.9 Å². The molecule has 0 aliphatic rings. The number of likely N-dealkylation sites (N-methyl/N-ethyl adjacent to an activating group) is 1. The molecule has 0 radical (unpaired) electrons. The number of carbonyl (C=O) groups is 1. The van der Waals surface area contributed by atoms with Gasteiger partial charge in [-0.25, -0.2) is 9.48 Å². The van der Waals surface area contributed by atoms with Gasteiger partial charge in [0.05, 0.1) is 0 Å². The summed E-state index contributed by atoms with van der Waals surface area (Å²) in [6.07, 6.45) is 1.64. The topological polar surface area (TPSA) is 59.6 Å². The maximum atomic E-state index is 12.4. The van der Waals surface area contributed by atoms with E-state index >= 15 is 0 Å². The average molecular weight is 375 g/mol. The van der Waals surface area contributed by atoms with Crippen LogP contribution >= 0.6 is 15.9 Å². The van der Waals surface area contributed by atoms with E-state index in [-0.39, 0.29) is 18.1 Å². The van der Waals surface area contributed by atoms with Gasteiger partial charge in [-0.1, -0.05) is 40.2 Å². The van der Waals surface area contributed by atoms with Gasteiger partial charge in [0.25, 0.3) is 0 Å². The molecule has 0 aliphatic carbocycles. The predicted octanol–water partition coefficient (Wildman–Crippen LogP) is 1.92. The summed E-state index contributed by atoms with van der Waals surface area (Å²) in [5.74, 6) is -0.175. The van der Waals surface area contributed by atoms with Crippen LogP contribution in [-0.2, 0) is 17.9 Å². The minimum Gasteiger partial charge on any atom is -0.340 e. The highest BCUT2D eigenvalue weighted by Gasteiger charge is 2.15. The molecule has 0 saturated carbocycles. The van der Waals surface area contributed by atoms with Crippen LogP contribution in [0.3, 0.4) is 0 Å². The average Bonchev–Trinajstić information content (AvgIpc) is 2.86. The Bertz CT molecular complexity index is 916. The first-order valence-electron chi connectivity index (χ1n) is 7.08. The van der Waals surface area contributed by atoms with E-state index in [9.17, 15) is 9.59 Å². The van der Waals surface area contributed by atoms with Crippen LogP contribution in [-0.4, -0.2) is 32.0 Å². The van der Waals surface area contributed by atoms with Gasteiger partial charge in [0.2, 0.25) is 5.91 Å². The highest BCUT2D eigenvalue weighted by molar-refractivity contribution is 9.10. The number of hydrogen-bond acceptors (Lipinski definition) is 3. The lowest BCUT2D eigenvalue weighted by atomic mass is 10.2. The lowest BCUT2D eigenvalue weighted by Crippen LogP contribution is -2.34. The molecule has 0 N–H and O–H groups in total. The Balaban J connectivity index is 1.76. The largest absolute Gasteiger partial charge is 0.350 e. The number of nitrogens with zero attached hydrogens (tertiary/aromatic N) is 4. The summed E-state index contributed by atoms with van der Waals surface area (Å²) < 4.78 is 3.56. The maximum Gasteiger partial charge on any atom is 0.350 e. The number of hydrogen-bond donors (Lipinski definition) is 0. The normalized spacial score (nSPS) is 10.9. The van der Waals surface area contributed by atoms with Crippen LogP contribution in [0.5, 0.6) is 0 Å². The second-order valence-corrected chi connectivity index (χ2v) is 6.06. The van der Waals surface area contributed by atoms with Crippen molar-refractivity contribution in [1.82, 2.24) is 19.1 Å². The monoisotopic (exact) mass is 374 g/mol. The van der Waals surface area contributed by atoms with E-state index in [2.05, 4.69) is 21.0 Å². The van der Waals surface area contributed by atoms with Gasteiger partial charge < -0.3 is 4.90 Å². The SMILES string of the molecule is CN(Cc1ccccc1Br)C(=O)Cn1nc2ccccn2c1=O. The fraction of sp³-hybridized carbons (Fsp3) is 0.188. The molecule has 3 aromatic rings. The van der Waals surface area contributed by atoms with Crippen molar-refractivity contribution < 1.29 is 4.79 Å². The van der Waals surface area contributed by atoms with Gasteiger partial charge >= 0.3 is 5.69 Å². The van der Waals surface area contributed by atoms with E-state index in [1.165, 1.54) is 9.08 Å². The van der Waals surface area contributed by atoms with Crippen LogP contribution in [0.1, 0.15) is 5.56 Å². The summed E-state index contributed by atoms with van der Waals surface area (Å²) in [6, 6.07) is 13.0. The zero-order chi connectivity index (χ0) is 16.4. The van der Waals surface area contributed by atoms with E-state index < -0.39 is 0 Å². The van der Waals surface area contributed by atoms with Crippen molar-refractivity contribution in [3.8, 4) is 0 Å². The van der Waals surface area contributed by atoms with Gasteiger partial charge in [-0.3, -0.25) is 9.20 Å². The van der Waals surface area contributed by atoms with Crippen molar-refractivity contribution in [3.63, 3.8) is 0 Å². The van der Waals surface area contributed by atoms with Crippen molar-refractivity contribution in [2.75, 3.05) is 7.05 Å². The second kappa shape index (κ2) is 6.37. The lowest BCUT2D eigenvalue weighted by Gasteiger charge is -2.17. The molecule has 3 rings (SSSR count). The minimum absolute atomic E-state index is 0.0819. The molecule has 0 unspecified atom stereocenters. The molecule has 23 heavy (non-hydrogen) atoms. The van der Waals surface area contributed by atoms with Gasteiger partial charge in [0, 0.05) is 24.3 Å². The van der Waals surface area contributed by atoms with Crippen molar-refractivity contribution in [2.45, 2.75) is 13.1 Å². The molecule has 7 heteroatoms. The Kier molecular flexibility index (Phi) is 4.29. The van der Waals surface area contributed by atoms with Crippen LogP contribution in [0, 0.1) is 0 Å². The van der Waals surface area contributed by atoms with Gasteiger partial charge in [-0.2, -0.15) is 0 Å². The smallest absolute Gasteiger partial charge is 0.340 e. The van der Waals surface area contributed by atoms with Gasteiger partial charge in [-0.15, -0.1) is 5.10 Å². The number of carbonyl (C=O) groups excluding carboxylic acids is 1. The predicted molar refractivity (Wildman–Crippen MR) is 90.1 cm³/mol. The first kappa shape index (κ1) is 15.5. The van der Waals surface area contributed by atoms with Gasteiger partial charge in [-0.05, 0) is 23.8 Å². The summed E-state index contributed by atoms with van der Waals surface area (Å²) >= 11 is 3.47. The van der Waals surface area contributed by atoms with Crippen molar-refractivity contribution in [2.24, 2.45) is 0 Å². The molecular weight excluding hydrogens is 360 g/mol. The molecule has 0 spiro atoms. The number of aromatic nitrogens is 3. The highest BCUT2D eigenvalue weighted by Crippen LogP contribution is 2.17. The van der Waals surface area contributed by atoms with Crippen molar-refractivity contribution >= 4 is 27.5 Å². The molecule has 1 amide bonds. The maximum absolute atomic E-state index is 12.4. The molecule has 0 fully saturated rings. The number of benzene rings is 1. The fourth-order valence-corrected chi connectivity index (χ4v) is 2.70. The number of pyridine rings is 1. The number of halogens is 1. The highest BCUT2D eigenvalue weighted by atomic mass is 79.9. The second-order valence-electron chi connectivity index (χ2n) is 5.21. The van der Waals surface area contributed by atoms with Crippen LogP contribution in [0.25, 0.3) is 5.65 Å². The molecule has 0 bridgehead atoms. The van der Waals surface area contributed by atoms with Gasteiger partial charge in [0.15, 0.2) is 5.65 Å². The van der Waals surface area contributed by atoms with Crippen molar-refractivity contribution in [1.29, 1.82) is 0 Å². The summed E-state index contributed by atoms with van der Waals surface area (Å²) in [4.78, 5) is 26.1. The van der Waals surface area contributed by atoms with Gasteiger partial charge in [0.1, 0.15) is 6.54 Å². The third kappa shape index (κ3) is 3.19. The summed E-state index contributed by atoms with van der Waals surface area (Å²) in [5, 5.41) is 4.17. The third-order valence-corrected chi connectivity index (χ3v) is 4.34. The first-order chi connectivity index (χ1) is 11.1. The Morgan fingerprint density at radius 2 is 1.96 bits per heavy atom. The summed E-state index contributed by atoms with van der Waals surface area (Å²) in [5.41, 5.74) is 1.22.